The van der Waals surface area contributed by atoms with Gasteiger partial charge in [-0.05, 0) is 18.9 Å². The molecule has 27 heavy (non-hydrogen) atoms. The molecule has 0 aromatic heterocycles. The van der Waals surface area contributed by atoms with Crippen molar-refractivity contribution in [2.24, 2.45) is 0 Å². The number of anilines is 1. The van der Waals surface area contributed by atoms with Crippen LogP contribution in [0, 0.1) is 0 Å². The molecule has 3 rings (SSSR count). The highest BCUT2D eigenvalue weighted by Gasteiger charge is 2.42. The van der Waals surface area contributed by atoms with Crippen molar-refractivity contribution in [1.82, 2.24) is 4.90 Å². The van der Waals surface area contributed by atoms with Crippen LogP contribution in [0.4, 0.5) is 5.69 Å². The van der Waals surface area contributed by atoms with E-state index in [9.17, 15) is 14.4 Å². The zero-order valence-corrected chi connectivity index (χ0v) is 16.8. The zero-order chi connectivity index (χ0) is 19.6. The fourth-order valence-electron chi connectivity index (χ4n) is 3.02. The number of carbonyl (C=O) groups excluding carboxylic acids is 3. The number of fused-ring (bicyclic) bond motifs is 1. The molecule has 1 fully saturated rings. The minimum absolute atomic E-state index is 0.202. The Morgan fingerprint density at radius 3 is 2.56 bits per heavy atom. The number of thiocarbonyl (C=S) groups is 1. The molecule has 8 heteroatoms. The molecule has 0 radical (unpaired) electrons. The smallest absolute Gasteiger partial charge is 0.326 e. The molecule has 0 N–H and O–H groups in total. The molecule has 2 aliphatic heterocycles. The fraction of sp³-hybridized carbons (Fsp3) is 0.368. The molecule has 142 valence electrons. The van der Waals surface area contributed by atoms with Gasteiger partial charge >= 0.3 is 5.97 Å². The lowest BCUT2D eigenvalue weighted by Crippen LogP contribution is -2.35. The number of hydrogen-bond donors (Lipinski definition) is 0. The normalized spacial score (nSPS) is 19.1. The third-order valence-electron chi connectivity index (χ3n) is 4.20. The summed E-state index contributed by atoms with van der Waals surface area (Å²) in [6.07, 6.45) is 1.50. The van der Waals surface area contributed by atoms with Gasteiger partial charge in [0.2, 0.25) is 0 Å². The predicted octanol–water partition coefficient (Wildman–Crippen LogP) is 2.97. The van der Waals surface area contributed by atoms with Gasteiger partial charge in [-0.3, -0.25) is 19.3 Å². The van der Waals surface area contributed by atoms with Gasteiger partial charge in [0.05, 0.1) is 22.8 Å². The Hall–Kier alpha value is -2.19. The lowest BCUT2D eigenvalue weighted by atomic mass is 10.1. The van der Waals surface area contributed by atoms with Gasteiger partial charge < -0.3 is 9.64 Å². The Balaban J connectivity index is 1.94. The topological polar surface area (TPSA) is 66.9 Å². The summed E-state index contributed by atoms with van der Waals surface area (Å²) in [5, 5.41) is 0. The Morgan fingerprint density at radius 1 is 1.11 bits per heavy atom. The van der Waals surface area contributed by atoms with E-state index in [2.05, 4.69) is 0 Å². The van der Waals surface area contributed by atoms with Crippen LogP contribution >= 0.6 is 24.0 Å². The molecule has 0 atom stereocenters. The number of nitrogens with zero attached hydrogens (tertiary/aromatic N) is 2. The number of amides is 2. The molecule has 2 amide bonds. The maximum absolute atomic E-state index is 13.0. The van der Waals surface area contributed by atoms with Crippen molar-refractivity contribution < 1.29 is 19.1 Å². The maximum atomic E-state index is 13.0. The summed E-state index contributed by atoms with van der Waals surface area (Å²) in [4.78, 5) is 41.0. The zero-order valence-electron chi connectivity index (χ0n) is 15.2. The standard InChI is InChI=1S/C19H20N2O4S2/c1-3-9-20-13-8-6-5-7-12(13)15(17(20)23)16-18(24)21(19(26)27-16)11-14(22)25-10-4-2/h5-8H,3-4,9-11H2,1-2H3/b16-15-. The van der Waals surface area contributed by atoms with Crippen molar-refractivity contribution in [3.63, 3.8) is 0 Å². The molecule has 2 aliphatic rings. The first-order valence-electron chi connectivity index (χ1n) is 8.84. The average Bonchev–Trinajstić information content (AvgIpc) is 3.08. The van der Waals surface area contributed by atoms with Crippen LogP contribution in [0.2, 0.25) is 0 Å². The molecular weight excluding hydrogens is 384 g/mol. The van der Waals surface area contributed by atoms with E-state index in [0.29, 0.717) is 25.1 Å². The van der Waals surface area contributed by atoms with Crippen molar-refractivity contribution >= 4 is 57.3 Å². The number of carbonyl (C=O) groups is 3. The minimum Gasteiger partial charge on any atom is -0.464 e. The van der Waals surface area contributed by atoms with E-state index < -0.39 is 11.9 Å². The number of esters is 1. The number of benzene rings is 1. The van der Waals surface area contributed by atoms with E-state index >= 15 is 0 Å². The van der Waals surface area contributed by atoms with Crippen LogP contribution < -0.4 is 4.90 Å². The van der Waals surface area contributed by atoms with E-state index in [-0.39, 0.29) is 21.7 Å². The monoisotopic (exact) mass is 404 g/mol. The summed E-state index contributed by atoms with van der Waals surface area (Å²) in [6, 6.07) is 7.41. The first-order valence-corrected chi connectivity index (χ1v) is 10.1. The van der Waals surface area contributed by atoms with Gasteiger partial charge in [0.25, 0.3) is 11.8 Å². The second-order valence-corrected chi connectivity index (χ2v) is 7.80. The van der Waals surface area contributed by atoms with Crippen molar-refractivity contribution in [1.29, 1.82) is 0 Å². The number of ether oxygens (including phenoxy) is 1. The van der Waals surface area contributed by atoms with E-state index in [1.807, 2.05) is 38.1 Å². The predicted molar refractivity (Wildman–Crippen MR) is 109 cm³/mol. The largest absolute Gasteiger partial charge is 0.464 e. The molecule has 0 spiro atoms. The number of hydrogen-bond acceptors (Lipinski definition) is 6. The second-order valence-electron chi connectivity index (χ2n) is 6.16. The van der Waals surface area contributed by atoms with Crippen molar-refractivity contribution in [2.45, 2.75) is 26.7 Å². The fourth-order valence-corrected chi connectivity index (χ4v) is 4.35. The van der Waals surface area contributed by atoms with Crippen molar-refractivity contribution in [3.05, 3.63) is 34.7 Å². The third-order valence-corrected chi connectivity index (χ3v) is 5.65. The number of rotatable bonds is 6. The minimum atomic E-state index is -0.509. The van der Waals surface area contributed by atoms with E-state index in [0.717, 1.165) is 29.4 Å². The van der Waals surface area contributed by atoms with E-state index in [1.165, 1.54) is 4.90 Å². The highest BCUT2D eigenvalue weighted by molar-refractivity contribution is 8.26. The first-order chi connectivity index (χ1) is 13.0. The third kappa shape index (κ3) is 3.64. The van der Waals surface area contributed by atoms with Gasteiger partial charge in [-0.25, -0.2) is 0 Å². The van der Waals surface area contributed by atoms with Gasteiger partial charge in [0.15, 0.2) is 0 Å². The molecule has 0 aliphatic carbocycles. The molecule has 2 heterocycles. The number of thioether (sulfide) groups is 1. The molecule has 0 saturated carbocycles. The van der Waals surface area contributed by atoms with E-state index in [4.69, 9.17) is 17.0 Å². The molecule has 1 aromatic carbocycles. The Morgan fingerprint density at radius 2 is 1.85 bits per heavy atom. The molecular formula is C19H20N2O4S2. The first kappa shape index (κ1) is 19.6. The molecule has 1 aromatic rings. The van der Waals surface area contributed by atoms with Crippen LogP contribution in [0.1, 0.15) is 32.3 Å². The van der Waals surface area contributed by atoms with Crippen LogP contribution in [0.25, 0.3) is 5.57 Å². The summed E-state index contributed by atoms with van der Waals surface area (Å²) in [6.45, 7) is 4.52. The Kier molecular flexibility index (Phi) is 5.96. The Bertz CT molecular complexity index is 850. The van der Waals surface area contributed by atoms with Gasteiger partial charge in [-0.1, -0.05) is 56.0 Å². The summed E-state index contributed by atoms with van der Waals surface area (Å²) in [7, 11) is 0. The van der Waals surface area contributed by atoms with Gasteiger partial charge in [0, 0.05) is 12.1 Å². The lowest BCUT2D eigenvalue weighted by molar-refractivity contribution is -0.146. The van der Waals surface area contributed by atoms with Gasteiger partial charge in [0.1, 0.15) is 10.9 Å². The molecule has 0 bridgehead atoms. The summed E-state index contributed by atoms with van der Waals surface area (Å²) in [5.74, 6) is -1.13. The van der Waals surface area contributed by atoms with Crippen LogP contribution in [0.15, 0.2) is 29.2 Å². The van der Waals surface area contributed by atoms with Crippen LogP contribution in [-0.4, -0.2) is 46.7 Å². The molecule has 1 saturated heterocycles. The van der Waals surface area contributed by atoms with Crippen LogP contribution in [-0.2, 0) is 19.1 Å². The SMILES string of the molecule is CCCOC(=O)CN1C(=O)/C(=C2/C(=O)N(CCC)c3ccccc32)SC1=S. The average molecular weight is 405 g/mol. The Labute approximate surface area is 167 Å². The van der Waals surface area contributed by atoms with Gasteiger partial charge in [-0.2, -0.15) is 0 Å². The summed E-state index contributed by atoms with van der Waals surface area (Å²) in [5.41, 5.74) is 1.89. The second kappa shape index (κ2) is 8.22. The van der Waals surface area contributed by atoms with Gasteiger partial charge in [-0.15, -0.1) is 0 Å². The quantitative estimate of drug-likeness (QED) is 0.413. The number of para-hydroxylation sites is 1. The highest BCUT2D eigenvalue weighted by Crippen LogP contribution is 2.44. The molecule has 0 unspecified atom stereocenters. The summed E-state index contributed by atoms with van der Waals surface area (Å²) >= 11 is 6.34. The van der Waals surface area contributed by atoms with Crippen LogP contribution in [0.5, 0.6) is 0 Å². The van der Waals surface area contributed by atoms with Crippen LogP contribution in [0.3, 0.4) is 0 Å². The lowest BCUT2D eigenvalue weighted by Gasteiger charge is -2.15. The van der Waals surface area contributed by atoms with E-state index in [1.54, 1.807) is 4.90 Å². The van der Waals surface area contributed by atoms with Crippen molar-refractivity contribution in [3.8, 4) is 0 Å². The molecule has 6 nitrogen and oxygen atoms in total. The summed E-state index contributed by atoms with van der Waals surface area (Å²) < 4.78 is 5.30. The van der Waals surface area contributed by atoms with Crippen molar-refractivity contribution in [2.75, 3.05) is 24.6 Å². The highest BCUT2D eigenvalue weighted by atomic mass is 32.2. The maximum Gasteiger partial charge on any atom is 0.326 e.